The van der Waals surface area contributed by atoms with Crippen molar-refractivity contribution in [1.29, 1.82) is 0 Å². The molecule has 2 fully saturated rings. The number of aromatic nitrogens is 2. The predicted molar refractivity (Wildman–Crippen MR) is 117 cm³/mol. The Morgan fingerprint density at radius 3 is 3.00 bits per heavy atom. The Labute approximate surface area is 188 Å². The van der Waals surface area contributed by atoms with E-state index in [-0.39, 0.29) is 31.7 Å². The Bertz CT molecular complexity index is 825. The largest absolute Gasteiger partial charge is 0.424 e. The number of likely N-dealkylation sites (N-methyl/N-ethyl adjacent to an activating group) is 1. The second kappa shape index (κ2) is 10.4. The number of thioether (sulfide) groups is 2. The van der Waals surface area contributed by atoms with Crippen molar-refractivity contribution in [3.8, 4) is 0 Å². The summed E-state index contributed by atoms with van der Waals surface area (Å²) in [5.41, 5.74) is 2.81. The maximum atomic E-state index is 13.2. The molecule has 4 heterocycles. The summed E-state index contributed by atoms with van der Waals surface area (Å²) in [5.74, 6) is 2.30. The van der Waals surface area contributed by atoms with Crippen LogP contribution in [0.1, 0.15) is 23.3 Å². The highest BCUT2D eigenvalue weighted by atomic mass is 32.2. The molecule has 1 aromatic heterocycles. The van der Waals surface area contributed by atoms with Gasteiger partial charge >= 0.3 is 7.75 Å². The summed E-state index contributed by atoms with van der Waals surface area (Å²) in [4.78, 5) is 16.4. The molecule has 4 N–H and O–H groups in total. The van der Waals surface area contributed by atoms with Crippen LogP contribution in [0.2, 0.25) is 0 Å². The molecule has 1 aromatic rings. The third-order valence-corrected chi connectivity index (χ3v) is 9.78. The van der Waals surface area contributed by atoms with Crippen molar-refractivity contribution in [2.75, 3.05) is 43.6 Å². The molecule has 3 atom stereocenters. The summed E-state index contributed by atoms with van der Waals surface area (Å²) in [6.45, 7) is 0.681. The highest BCUT2D eigenvalue weighted by Crippen LogP contribution is 2.57. The molecule has 3 aliphatic rings. The molecule has 0 spiro atoms. The van der Waals surface area contributed by atoms with Gasteiger partial charge in [-0.2, -0.15) is 5.48 Å². The Kier molecular flexibility index (Phi) is 7.83. The average molecular weight is 495 g/mol. The molecule has 15 heteroatoms. The molecule has 12 nitrogen and oxygen atoms in total. The summed E-state index contributed by atoms with van der Waals surface area (Å²) in [7, 11) is -1.84. The number of aliphatic hydroxyl groups excluding tert-OH is 1. The first-order valence-corrected chi connectivity index (χ1v) is 13.6. The predicted octanol–water partition coefficient (Wildman–Crippen LogP) is 0.835. The molecular weight excluding hydrogens is 467 g/mol. The first-order valence-electron chi connectivity index (χ1n) is 9.97. The van der Waals surface area contributed by atoms with Gasteiger partial charge < -0.3 is 20.5 Å². The van der Waals surface area contributed by atoms with E-state index in [0.29, 0.717) is 16.9 Å². The Hall–Kier alpha value is -0.830. The first kappa shape index (κ1) is 23.3. The number of aliphatic hydroxyl groups is 1. The highest BCUT2D eigenvalue weighted by molar-refractivity contribution is 8.17. The zero-order valence-corrected chi connectivity index (χ0v) is 19.6. The average Bonchev–Trinajstić information content (AvgIpc) is 3.28. The second-order valence-corrected chi connectivity index (χ2v) is 12.2. The number of rotatable bonds is 9. The van der Waals surface area contributed by atoms with Gasteiger partial charge in [0, 0.05) is 6.54 Å². The van der Waals surface area contributed by atoms with E-state index in [9.17, 15) is 9.36 Å². The Balaban J connectivity index is 1.32. The topological polar surface area (TPSA) is 139 Å². The maximum absolute atomic E-state index is 13.2. The molecular formula is C16H27N6O6PS2. The van der Waals surface area contributed by atoms with Crippen LogP contribution in [0, 0.1) is 0 Å². The second-order valence-electron chi connectivity index (χ2n) is 7.23. The van der Waals surface area contributed by atoms with Crippen LogP contribution in [-0.4, -0.2) is 80.5 Å². The van der Waals surface area contributed by atoms with Crippen LogP contribution >= 0.6 is 31.3 Å². The van der Waals surface area contributed by atoms with Crippen LogP contribution in [0.25, 0.3) is 0 Å². The fourth-order valence-electron chi connectivity index (χ4n) is 3.37. The van der Waals surface area contributed by atoms with Gasteiger partial charge in [-0.3, -0.25) is 13.9 Å². The van der Waals surface area contributed by atoms with E-state index in [1.807, 2.05) is 23.5 Å². The minimum atomic E-state index is -3.54. The van der Waals surface area contributed by atoms with Gasteiger partial charge in [0.1, 0.15) is 12.5 Å². The van der Waals surface area contributed by atoms with Crippen molar-refractivity contribution >= 4 is 43.0 Å². The van der Waals surface area contributed by atoms with Crippen molar-refractivity contribution < 1.29 is 28.4 Å². The molecule has 0 aromatic carbocycles. The number of hydroxylamine groups is 1. The van der Waals surface area contributed by atoms with Crippen molar-refractivity contribution in [2.24, 2.45) is 0 Å². The molecule has 2 saturated heterocycles. The van der Waals surface area contributed by atoms with E-state index in [1.165, 1.54) is 12.7 Å². The lowest BCUT2D eigenvalue weighted by Gasteiger charge is -2.28. The van der Waals surface area contributed by atoms with E-state index in [4.69, 9.17) is 19.0 Å². The lowest BCUT2D eigenvalue weighted by atomic mass is 10.3. The molecule has 0 aliphatic carbocycles. The highest BCUT2D eigenvalue weighted by Gasteiger charge is 2.44. The monoisotopic (exact) mass is 494 g/mol. The zero-order valence-electron chi connectivity index (χ0n) is 17.1. The van der Waals surface area contributed by atoms with Gasteiger partial charge in [-0.05, 0) is 31.4 Å². The van der Waals surface area contributed by atoms with Crippen molar-refractivity contribution in [3.63, 3.8) is 0 Å². The van der Waals surface area contributed by atoms with E-state index < -0.39 is 19.9 Å². The van der Waals surface area contributed by atoms with Gasteiger partial charge in [-0.1, -0.05) is 0 Å². The summed E-state index contributed by atoms with van der Waals surface area (Å²) < 4.78 is 33.3. The molecule has 174 valence electrons. The number of hydrogen-bond acceptors (Lipinski definition) is 11. The molecule has 4 rings (SSSR count). The van der Waals surface area contributed by atoms with E-state index in [1.54, 1.807) is 16.3 Å². The van der Waals surface area contributed by atoms with Gasteiger partial charge in [0.05, 0.1) is 30.2 Å². The van der Waals surface area contributed by atoms with Gasteiger partial charge in [0.2, 0.25) is 0 Å². The first-order chi connectivity index (χ1) is 15.0. The van der Waals surface area contributed by atoms with Gasteiger partial charge in [-0.15, -0.1) is 23.5 Å². The number of amides is 1. The number of nitrogens with one attached hydrogen (secondary N) is 3. The van der Waals surface area contributed by atoms with Gasteiger partial charge in [0.15, 0.2) is 12.0 Å². The molecule has 3 unspecified atom stereocenters. The summed E-state index contributed by atoms with van der Waals surface area (Å²) in [6.07, 6.45) is 2.46. The zero-order chi connectivity index (χ0) is 21.8. The minimum absolute atomic E-state index is 0.106. The third kappa shape index (κ3) is 5.57. The fraction of sp³-hybridized carbons (Fsp3) is 0.750. The smallest absolute Gasteiger partial charge is 0.394 e. The van der Waals surface area contributed by atoms with Crippen LogP contribution in [-0.2, 0) is 25.2 Å². The van der Waals surface area contributed by atoms with Crippen molar-refractivity contribution in [2.45, 2.75) is 36.5 Å². The van der Waals surface area contributed by atoms with Gasteiger partial charge in [0.25, 0.3) is 5.91 Å². The normalized spacial score (nSPS) is 29.5. The number of carbonyl (C=O) groups excluding carboxylic acids is 1. The summed E-state index contributed by atoms with van der Waals surface area (Å²) in [6, 6.07) is 0. The number of ether oxygens (including phenoxy) is 1. The van der Waals surface area contributed by atoms with Gasteiger partial charge in [-0.25, -0.2) is 18.8 Å². The lowest BCUT2D eigenvalue weighted by Crippen LogP contribution is -2.54. The standard InChI is InChI=1S/C16H27N6O6PS2/c1-21-8-11(7-12-30-5-2-6-31-12)27-29(21,25)28-20-16-18-14-13(15(24)19-16)17-9-22(14)10-26-4-3-23/h9,11-12,16,18,20,23H,2-8,10H2,1H3,(H,19,24). The van der Waals surface area contributed by atoms with E-state index >= 15 is 0 Å². The van der Waals surface area contributed by atoms with E-state index in [0.717, 1.165) is 17.9 Å². The number of anilines is 1. The van der Waals surface area contributed by atoms with Crippen LogP contribution in [0.3, 0.4) is 0 Å². The Morgan fingerprint density at radius 1 is 1.42 bits per heavy atom. The SMILES string of the molecule is CN1CC(CC2SCCCS2)OP1(=O)ONC1NC(=O)c2ncn(COCCO)c2N1. The molecule has 1 amide bonds. The van der Waals surface area contributed by atoms with E-state index in [2.05, 4.69) is 21.1 Å². The molecule has 3 aliphatic heterocycles. The molecule has 0 saturated carbocycles. The summed E-state index contributed by atoms with van der Waals surface area (Å²) in [5, 5.41) is 14.5. The molecule has 0 bridgehead atoms. The number of hydrogen-bond donors (Lipinski definition) is 4. The quantitative estimate of drug-likeness (QED) is 0.220. The molecule has 0 radical (unpaired) electrons. The number of imidazole rings is 1. The number of fused-ring (bicyclic) bond motifs is 1. The fourth-order valence-corrected chi connectivity index (χ4v) is 7.86. The lowest BCUT2D eigenvalue weighted by molar-refractivity contribution is 0.0483. The van der Waals surface area contributed by atoms with Crippen LogP contribution in [0.15, 0.2) is 6.33 Å². The number of nitrogens with zero attached hydrogens (tertiary/aromatic N) is 3. The Morgan fingerprint density at radius 2 is 2.23 bits per heavy atom. The van der Waals surface area contributed by atoms with Crippen LogP contribution < -0.4 is 16.1 Å². The summed E-state index contributed by atoms with van der Waals surface area (Å²) >= 11 is 3.84. The number of carbonyl (C=O) groups is 1. The third-order valence-electron chi connectivity index (χ3n) is 4.88. The minimum Gasteiger partial charge on any atom is -0.394 e. The van der Waals surface area contributed by atoms with Crippen LogP contribution in [0.4, 0.5) is 5.82 Å². The van der Waals surface area contributed by atoms with Crippen molar-refractivity contribution in [1.82, 2.24) is 25.0 Å². The van der Waals surface area contributed by atoms with Crippen LogP contribution in [0.5, 0.6) is 0 Å². The van der Waals surface area contributed by atoms with Crippen molar-refractivity contribution in [3.05, 3.63) is 12.0 Å². The maximum Gasteiger partial charge on any atom is 0.424 e. The molecule has 31 heavy (non-hydrogen) atoms.